The van der Waals surface area contributed by atoms with E-state index < -0.39 is 0 Å². The highest BCUT2D eigenvalue weighted by Gasteiger charge is 2.24. The minimum absolute atomic E-state index is 0.0242. The van der Waals surface area contributed by atoms with Crippen molar-refractivity contribution in [3.63, 3.8) is 0 Å². The third-order valence-electron chi connectivity index (χ3n) is 3.71. The predicted octanol–water partition coefficient (Wildman–Crippen LogP) is 1.17. The number of piperazine rings is 1. The lowest BCUT2D eigenvalue weighted by molar-refractivity contribution is -0.135. The molecule has 0 bridgehead atoms. The van der Waals surface area contributed by atoms with E-state index in [9.17, 15) is 4.79 Å². The van der Waals surface area contributed by atoms with E-state index in [-0.39, 0.29) is 11.9 Å². The van der Waals surface area contributed by atoms with Crippen molar-refractivity contribution in [2.24, 2.45) is 5.92 Å². The number of rotatable bonds is 6. The van der Waals surface area contributed by atoms with Crippen molar-refractivity contribution >= 4 is 5.91 Å². The molecule has 0 saturated carbocycles. The molecule has 0 aliphatic carbocycles. The second kappa shape index (κ2) is 7.74. The van der Waals surface area contributed by atoms with Crippen molar-refractivity contribution in [1.29, 1.82) is 0 Å². The molecule has 1 atom stereocenters. The average molecular weight is 255 g/mol. The number of hydrogen-bond donors (Lipinski definition) is 1. The van der Waals surface area contributed by atoms with Crippen LogP contribution in [0, 0.1) is 5.92 Å². The first-order valence-electron chi connectivity index (χ1n) is 7.22. The van der Waals surface area contributed by atoms with E-state index in [1.807, 2.05) is 18.9 Å². The zero-order chi connectivity index (χ0) is 13.5. The number of nitrogens with zero attached hydrogens (tertiary/aromatic N) is 2. The molecule has 1 heterocycles. The van der Waals surface area contributed by atoms with Gasteiger partial charge in [0.05, 0.1) is 6.04 Å². The number of carbonyl (C=O) groups is 1. The number of likely N-dealkylation sites (N-methyl/N-ethyl adjacent to an activating group) is 1. The second-order valence-electron chi connectivity index (χ2n) is 5.76. The average Bonchev–Trinajstić information content (AvgIpc) is 2.37. The van der Waals surface area contributed by atoms with Crippen LogP contribution in [0.5, 0.6) is 0 Å². The predicted molar refractivity (Wildman–Crippen MR) is 75.6 cm³/mol. The molecular weight excluding hydrogens is 226 g/mol. The summed E-state index contributed by atoms with van der Waals surface area (Å²) in [5.41, 5.74) is 0. The van der Waals surface area contributed by atoms with E-state index in [4.69, 9.17) is 0 Å². The summed E-state index contributed by atoms with van der Waals surface area (Å²) in [5.74, 6) is 0.986. The molecule has 106 valence electrons. The minimum Gasteiger partial charge on any atom is -0.344 e. The Bertz CT molecular complexity index is 249. The molecule has 1 fully saturated rings. The van der Waals surface area contributed by atoms with Gasteiger partial charge in [0.2, 0.25) is 5.91 Å². The maximum Gasteiger partial charge on any atom is 0.239 e. The van der Waals surface area contributed by atoms with Gasteiger partial charge in [0, 0.05) is 39.8 Å². The van der Waals surface area contributed by atoms with E-state index in [0.717, 1.165) is 45.1 Å². The van der Waals surface area contributed by atoms with Crippen LogP contribution < -0.4 is 5.32 Å². The van der Waals surface area contributed by atoms with Crippen LogP contribution in [0.4, 0.5) is 0 Å². The Morgan fingerprint density at radius 3 is 2.44 bits per heavy atom. The second-order valence-corrected chi connectivity index (χ2v) is 5.76. The first kappa shape index (κ1) is 15.4. The summed E-state index contributed by atoms with van der Waals surface area (Å²) in [7, 11) is 1.93. The third-order valence-corrected chi connectivity index (χ3v) is 3.71. The normalized spacial score (nSPS) is 18.9. The molecule has 0 aromatic heterocycles. The van der Waals surface area contributed by atoms with Crippen molar-refractivity contribution in [2.75, 3.05) is 39.8 Å². The van der Waals surface area contributed by atoms with Crippen molar-refractivity contribution < 1.29 is 4.79 Å². The summed E-state index contributed by atoms with van der Waals surface area (Å²) in [4.78, 5) is 16.5. The SMILES string of the molecule is CC(C)CCCN(C)C(=O)C(C)N1CCNCC1. The van der Waals surface area contributed by atoms with Crippen LogP contribution in [-0.2, 0) is 4.79 Å². The molecule has 1 N–H and O–H groups in total. The van der Waals surface area contributed by atoms with E-state index in [1.54, 1.807) is 0 Å². The van der Waals surface area contributed by atoms with Gasteiger partial charge in [-0.2, -0.15) is 0 Å². The molecule has 1 amide bonds. The van der Waals surface area contributed by atoms with Crippen LogP contribution in [0.2, 0.25) is 0 Å². The highest BCUT2D eigenvalue weighted by Crippen LogP contribution is 2.08. The Balaban J connectivity index is 2.32. The van der Waals surface area contributed by atoms with Crippen LogP contribution in [0.15, 0.2) is 0 Å². The molecule has 1 unspecified atom stereocenters. The lowest BCUT2D eigenvalue weighted by Gasteiger charge is -2.34. The highest BCUT2D eigenvalue weighted by atomic mass is 16.2. The first-order chi connectivity index (χ1) is 8.52. The molecule has 0 spiro atoms. The number of amides is 1. The van der Waals surface area contributed by atoms with Gasteiger partial charge in [-0.15, -0.1) is 0 Å². The molecule has 1 aliphatic heterocycles. The summed E-state index contributed by atoms with van der Waals surface area (Å²) in [6.45, 7) is 11.3. The maximum atomic E-state index is 12.3. The Labute approximate surface area is 112 Å². The summed E-state index contributed by atoms with van der Waals surface area (Å²) in [5, 5.41) is 3.32. The molecule has 0 aromatic rings. The fourth-order valence-electron chi connectivity index (χ4n) is 2.39. The van der Waals surface area contributed by atoms with Gasteiger partial charge in [-0.05, 0) is 25.7 Å². The summed E-state index contributed by atoms with van der Waals surface area (Å²) < 4.78 is 0. The smallest absolute Gasteiger partial charge is 0.239 e. The number of hydrogen-bond acceptors (Lipinski definition) is 3. The van der Waals surface area contributed by atoms with E-state index in [0.29, 0.717) is 0 Å². The van der Waals surface area contributed by atoms with Crippen LogP contribution in [-0.4, -0.2) is 61.5 Å². The first-order valence-corrected chi connectivity index (χ1v) is 7.22. The molecule has 4 nitrogen and oxygen atoms in total. The van der Waals surface area contributed by atoms with Gasteiger partial charge in [-0.1, -0.05) is 13.8 Å². The topological polar surface area (TPSA) is 35.6 Å². The molecule has 0 aromatic carbocycles. The Kier molecular flexibility index (Phi) is 6.65. The quantitative estimate of drug-likeness (QED) is 0.774. The van der Waals surface area contributed by atoms with Crippen LogP contribution in [0.25, 0.3) is 0 Å². The number of nitrogens with one attached hydrogen (secondary N) is 1. The fourth-order valence-corrected chi connectivity index (χ4v) is 2.39. The van der Waals surface area contributed by atoms with Crippen LogP contribution in [0.1, 0.15) is 33.6 Å². The minimum atomic E-state index is 0.0242. The van der Waals surface area contributed by atoms with Crippen molar-refractivity contribution in [2.45, 2.75) is 39.7 Å². The highest BCUT2D eigenvalue weighted by molar-refractivity contribution is 5.81. The zero-order valence-electron chi connectivity index (χ0n) is 12.4. The van der Waals surface area contributed by atoms with E-state index >= 15 is 0 Å². The largest absolute Gasteiger partial charge is 0.344 e. The van der Waals surface area contributed by atoms with Crippen molar-refractivity contribution in [1.82, 2.24) is 15.1 Å². The van der Waals surface area contributed by atoms with Crippen LogP contribution >= 0.6 is 0 Å². The standard InChI is InChI=1S/C14H29N3O/c1-12(2)6-5-9-16(4)14(18)13(3)17-10-7-15-8-11-17/h12-13,15H,5-11H2,1-4H3. The van der Waals surface area contributed by atoms with Gasteiger partial charge in [0.15, 0.2) is 0 Å². The maximum absolute atomic E-state index is 12.3. The monoisotopic (exact) mass is 255 g/mol. The van der Waals surface area contributed by atoms with Gasteiger partial charge >= 0.3 is 0 Å². The lowest BCUT2D eigenvalue weighted by Crippen LogP contribution is -2.53. The van der Waals surface area contributed by atoms with E-state index in [1.165, 1.54) is 6.42 Å². The summed E-state index contributed by atoms with van der Waals surface area (Å²) in [6, 6.07) is 0.0242. The van der Waals surface area contributed by atoms with Crippen molar-refractivity contribution in [3.05, 3.63) is 0 Å². The van der Waals surface area contributed by atoms with Gasteiger partial charge in [0.1, 0.15) is 0 Å². The van der Waals surface area contributed by atoms with Gasteiger partial charge in [0.25, 0.3) is 0 Å². The molecule has 1 saturated heterocycles. The third kappa shape index (κ3) is 4.94. The summed E-state index contributed by atoms with van der Waals surface area (Å²) in [6.07, 6.45) is 2.30. The van der Waals surface area contributed by atoms with E-state index in [2.05, 4.69) is 24.1 Å². The van der Waals surface area contributed by atoms with Crippen molar-refractivity contribution in [3.8, 4) is 0 Å². The number of carbonyl (C=O) groups excluding carboxylic acids is 1. The Morgan fingerprint density at radius 2 is 1.89 bits per heavy atom. The van der Waals surface area contributed by atoms with Gasteiger partial charge in [-0.3, -0.25) is 9.69 Å². The Morgan fingerprint density at radius 1 is 1.28 bits per heavy atom. The molecular formula is C14H29N3O. The van der Waals surface area contributed by atoms with Crippen LogP contribution in [0.3, 0.4) is 0 Å². The Hall–Kier alpha value is -0.610. The molecule has 18 heavy (non-hydrogen) atoms. The van der Waals surface area contributed by atoms with Gasteiger partial charge < -0.3 is 10.2 Å². The zero-order valence-corrected chi connectivity index (χ0v) is 12.4. The summed E-state index contributed by atoms with van der Waals surface area (Å²) >= 11 is 0. The molecule has 0 radical (unpaired) electrons. The molecule has 4 heteroatoms. The fraction of sp³-hybridized carbons (Fsp3) is 0.929. The molecule has 1 rings (SSSR count). The lowest BCUT2D eigenvalue weighted by atomic mass is 10.1. The molecule has 1 aliphatic rings. The van der Waals surface area contributed by atoms with Gasteiger partial charge in [-0.25, -0.2) is 0 Å².